The van der Waals surface area contributed by atoms with E-state index in [1.165, 1.54) is 12.8 Å². The molecule has 5 heteroatoms. The van der Waals surface area contributed by atoms with Crippen molar-refractivity contribution in [1.82, 2.24) is 25.5 Å². The fourth-order valence-corrected chi connectivity index (χ4v) is 1.45. The lowest BCUT2D eigenvalue weighted by Gasteiger charge is -2.12. The zero-order valence-electron chi connectivity index (χ0n) is 9.19. The van der Waals surface area contributed by atoms with Gasteiger partial charge in [0.15, 0.2) is 5.82 Å². The Bertz CT molecular complexity index is 257. The summed E-state index contributed by atoms with van der Waals surface area (Å²) in [5.41, 5.74) is 0. The van der Waals surface area contributed by atoms with Crippen molar-refractivity contribution in [3.8, 4) is 0 Å². The Morgan fingerprint density at radius 2 is 2.29 bits per heavy atom. The molecule has 0 saturated carbocycles. The van der Waals surface area contributed by atoms with Crippen molar-refractivity contribution in [1.29, 1.82) is 0 Å². The maximum Gasteiger partial charge on any atom is 0.165 e. The molecule has 5 nitrogen and oxygen atoms in total. The van der Waals surface area contributed by atoms with Gasteiger partial charge < -0.3 is 5.32 Å². The minimum atomic E-state index is 0.397. The molecule has 0 bridgehead atoms. The van der Waals surface area contributed by atoms with Gasteiger partial charge >= 0.3 is 0 Å². The van der Waals surface area contributed by atoms with Crippen LogP contribution in [0.15, 0.2) is 0 Å². The Morgan fingerprint density at radius 3 is 2.93 bits per heavy atom. The van der Waals surface area contributed by atoms with Crippen LogP contribution in [0.3, 0.4) is 0 Å². The van der Waals surface area contributed by atoms with E-state index in [9.17, 15) is 0 Å². The van der Waals surface area contributed by atoms with Gasteiger partial charge in [-0.3, -0.25) is 0 Å². The predicted molar refractivity (Wildman–Crippen MR) is 54.8 cm³/mol. The third kappa shape index (κ3) is 2.77. The number of rotatable bonds is 6. The molecule has 0 saturated heterocycles. The lowest BCUT2D eigenvalue weighted by molar-refractivity contribution is 0.417. The number of nitrogens with one attached hydrogen (secondary N) is 1. The molecule has 80 valence electrons. The molecule has 0 aliphatic carbocycles. The van der Waals surface area contributed by atoms with Crippen molar-refractivity contribution < 1.29 is 0 Å². The summed E-state index contributed by atoms with van der Waals surface area (Å²) in [4.78, 5) is 0. The number of hydrogen-bond acceptors (Lipinski definition) is 4. The molecule has 0 amide bonds. The molecule has 1 aromatic rings. The van der Waals surface area contributed by atoms with Crippen molar-refractivity contribution in [3.63, 3.8) is 0 Å². The second kappa shape index (κ2) is 5.70. The molecule has 1 rings (SSSR count). The van der Waals surface area contributed by atoms with E-state index in [4.69, 9.17) is 0 Å². The first-order valence-corrected chi connectivity index (χ1v) is 5.21. The Kier molecular flexibility index (Phi) is 4.52. The van der Waals surface area contributed by atoms with E-state index in [0.717, 1.165) is 18.8 Å². The van der Waals surface area contributed by atoms with Crippen LogP contribution in [-0.4, -0.2) is 27.3 Å². The molecule has 0 spiro atoms. The van der Waals surface area contributed by atoms with Gasteiger partial charge in [0.1, 0.15) is 0 Å². The highest BCUT2D eigenvalue weighted by Gasteiger charge is 2.11. The van der Waals surface area contributed by atoms with Crippen LogP contribution in [0.5, 0.6) is 0 Å². The number of aromatic nitrogens is 4. The lowest BCUT2D eigenvalue weighted by Crippen LogP contribution is -2.16. The SMILES string of the molecule is CCCCC(C)n1nnnc1CNC. The topological polar surface area (TPSA) is 55.6 Å². The van der Waals surface area contributed by atoms with E-state index in [2.05, 4.69) is 34.7 Å². The first-order chi connectivity index (χ1) is 6.79. The van der Waals surface area contributed by atoms with E-state index < -0.39 is 0 Å². The van der Waals surface area contributed by atoms with Crippen LogP contribution < -0.4 is 5.32 Å². The largest absolute Gasteiger partial charge is 0.313 e. The fourth-order valence-electron chi connectivity index (χ4n) is 1.45. The van der Waals surface area contributed by atoms with Crippen molar-refractivity contribution in [2.75, 3.05) is 7.05 Å². The molecule has 0 aliphatic rings. The van der Waals surface area contributed by atoms with Gasteiger partial charge in [-0.05, 0) is 30.8 Å². The minimum Gasteiger partial charge on any atom is -0.313 e. The van der Waals surface area contributed by atoms with Crippen LogP contribution in [0, 0.1) is 0 Å². The molecule has 1 N–H and O–H groups in total. The Hall–Kier alpha value is -0.970. The van der Waals surface area contributed by atoms with Gasteiger partial charge in [-0.1, -0.05) is 19.8 Å². The molecule has 0 aliphatic heterocycles. The van der Waals surface area contributed by atoms with E-state index in [0.29, 0.717) is 6.04 Å². The molecule has 0 fully saturated rings. The first kappa shape index (κ1) is 11.1. The highest BCUT2D eigenvalue weighted by atomic mass is 15.5. The molecule has 0 radical (unpaired) electrons. The maximum absolute atomic E-state index is 4.00. The molecule has 1 atom stereocenters. The first-order valence-electron chi connectivity index (χ1n) is 5.21. The van der Waals surface area contributed by atoms with Crippen molar-refractivity contribution in [2.24, 2.45) is 0 Å². The Balaban J connectivity index is 2.58. The summed E-state index contributed by atoms with van der Waals surface area (Å²) in [5.74, 6) is 0.913. The monoisotopic (exact) mass is 197 g/mol. The second-order valence-electron chi connectivity index (χ2n) is 3.56. The van der Waals surface area contributed by atoms with Crippen LogP contribution >= 0.6 is 0 Å². The summed E-state index contributed by atoms with van der Waals surface area (Å²) in [7, 11) is 1.90. The zero-order chi connectivity index (χ0) is 10.4. The van der Waals surface area contributed by atoms with Gasteiger partial charge in [-0.25, -0.2) is 4.68 Å². The Labute approximate surface area is 84.9 Å². The molecule has 14 heavy (non-hydrogen) atoms. The van der Waals surface area contributed by atoms with Crippen LogP contribution in [-0.2, 0) is 6.54 Å². The molecule has 1 aromatic heterocycles. The van der Waals surface area contributed by atoms with Crippen molar-refractivity contribution >= 4 is 0 Å². The van der Waals surface area contributed by atoms with Gasteiger partial charge in [0.25, 0.3) is 0 Å². The standard InChI is InChI=1S/C9H19N5/c1-4-5-6-8(2)14-9(7-10-3)11-12-13-14/h8,10H,4-7H2,1-3H3. The molecule has 1 heterocycles. The van der Waals surface area contributed by atoms with E-state index in [1.54, 1.807) is 0 Å². The summed E-state index contributed by atoms with van der Waals surface area (Å²) >= 11 is 0. The quantitative estimate of drug-likeness (QED) is 0.743. The highest BCUT2D eigenvalue weighted by molar-refractivity contribution is 4.82. The summed E-state index contributed by atoms with van der Waals surface area (Å²) in [6.45, 7) is 5.08. The van der Waals surface area contributed by atoms with Crippen LogP contribution in [0.2, 0.25) is 0 Å². The summed E-state index contributed by atoms with van der Waals surface area (Å²) in [5, 5.41) is 14.7. The normalized spacial score (nSPS) is 13.1. The molecule has 1 unspecified atom stereocenters. The van der Waals surface area contributed by atoms with Crippen LogP contribution in [0.4, 0.5) is 0 Å². The minimum absolute atomic E-state index is 0.397. The third-order valence-electron chi connectivity index (χ3n) is 2.29. The number of hydrogen-bond donors (Lipinski definition) is 1. The van der Waals surface area contributed by atoms with Gasteiger partial charge in [-0.2, -0.15) is 0 Å². The molecular weight excluding hydrogens is 178 g/mol. The summed E-state index contributed by atoms with van der Waals surface area (Å²) < 4.78 is 1.91. The van der Waals surface area contributed by atoms with Gasteiger partial charge in [-0.15, -0.1) is 5.10 Å². The fraction of sp³-hybridized carbons (Fsp3) is 0.889. The Morgan fingerprint density at radius 1 is 1.50 bits per heavy atom. The van der Waals surface area contributed by atoms with E-state index in [-0.39, 0.29) is 0 Å². The van der Waals surface area contributed by atoms with Gasteiger partial charge in [0.2, 0.25) is 0 Å². The second-order valence-corrected chi connectivity index (χ2v) is 3.56. The zero-order valence-corrected chi connectivity index (χ0v) is 9.19. The molecular formula is C9H19N5. The van der Waals surface area contributed by atoms with E-state index >= 15 is 0 Å². The average Bonchev–Trinajstić information content (AvgIpc) is 2.63. The van der Waals surface area contributed by atoms with Gasteiger partial charge in [0, 0.05) is 0 Å². The third-order valence-corrected chi connectivity index (χ3v) is 2.29. The van der Waals surface area contributed by atoms with Crippen LogP contribution in [0.25, 0.3) is 0 Å². The smallest absolute Gasteiger partial charge is 0.165 e. The number of tetrazole rings is 1. The highest BCUT2D eigenvalue weighted by Crippen LogP contribution is 2.13. The average molecular weight is 197 g/mol. The number of nitrogens with zero attached hydrogens (tertiary/aromatic N) is 4. The summed E-state index contributed by atoms with van der Waals surface area (Å²) in [6, 6.07) is 0.397. The van der Waals surface area contributed by atoms with Crippen LogP contribution in [0.1, 0.15) is 45.0 Å². The molecule has 0 aromatic carbocycles. The van der Waals surface area contributed by atoms with E-state index in [1.807, 2.05) is 11.7 Å². The van der Waals surface area contributed by atoms with Gasteiger partial charge in [0.05, 0.1) is 12.6 Å². The maximum atomic E-state index is 4.00. The number of unbranched alkanes of at least 4 members (excludes halogenated alkanes) is 1. The van der Waals surface area contributed by atoms with Crippen molar-refractivity contribution in [2.45, 2.75) is 45.7 Å². The predicted octanol–water partition coefficient (Wildman–Crippen LogP) is 1.14. The summed E-state index contributed by atoms with van der Waals surface area (Å²) in [6.07, 6.45) is 3.58. The lowest BCUT2D eigenvalue weighted by atomic mass is 10.1. The van der Waals surface area contributed by atoms with Crippen molar-refractivity contribution in [3.05, 3.63) is 5.82 Å².